The molecule has 3 rings (SSSR count). The van der Waals surface area contributed by atoms with Crippen LogP contribution in [0.15, 0.2) is 42.7 Å². The Kier molecular flexibility index (Phi) is 6.08. The number of piperidine rings is 1. The topological polar surface area (TPSA) is 95.7 Å². The lowest BCUT2D eigenvalue weighted by Crippen LogP contribution is -2.45. The Labute approximate surface area is 163 Å². The van der Waals surface area contributed by atoms with E-state index in [1.54, 1.807) is 35.0 Å². The fraction of sp³-hybridized carbons (Fsp3) is 0.400. The Hall–Kier alpha value is -3.16. The number of aromatic nitrogens is 2. The van der Waals surface area contributed by atoms with Crippen LogP contribution in [-0.4, -0.2) is 69.2 Å². The second-order valence-electron chi connectivity index (χ2n) is 7.06. The Balaban J connectivity index is 1.52. The summed E-state index contributed by atoms with van der Waals surface area (Å²) in [4.78, 5) is 39.1. The number of carbonyl (C=O) groups excluding carboxylic acids is 2. The molecule has 1 aliphatic rings. The van der Waals surface area contributed by atoms with Gasteiger partial charge in [0.2, 0.25) is 5.91 Å². The predicted molar refractivity (Wildman–Crippen MR) is 102 cm³/mol. The zero-order valence-electron chi connectivity index (χ0n) is 15.8. The highest BCUT2D eigenvalue weighted by Crippen LogP contribution is 2.17. The van der Waals surface area contributed by atoms with Gasteiger partial charge in [-0.25, -0.2) is 0 Å². The molecule has 28 heavy (non-hydrogen) atoms. The van der Waals surface area contributed by atoms with Gasteiger partial charge in [-0.05, 0) is 36.6 Å². The molecule has 1 fully saturated rings. The van der Waals surface area contributed by atoms with Crippen LogP contribution in [-0.2, 0) is 16.1 Å². The molecule has 1 aliphatic heterocycles. The number of hydrogen-bond acceptors (Lipinski definition) is 4. The standard InChI is InChI=1S/C20H24N4O4/c1-22(14-18(25)23-11-7-17(8-12-23)20(27)28)19(26)16-5-3-15(4-6-16)13-24-10-2-9-21-24/h2-6,9-10,17H,7-8,11-14H2,1H3,(H,27,28). The van der Waals surface area contributed by atoms with Crippen LogP contribution in [0.2, 0.25) is 0 Å². The Morgan fingerprint density at radius 3 is 2.43 bits per heavy atom. The molecular weight excluding hydrogens is 360 g/mol. The van der Waals surface area contributed by atoms with Crippen molar-refractivity contribution in [2.45, 2.75) is 19.4 Å². The molecule has 8 heteroatoms. The van der Waals surface area contributed by atoms with Crippen molar-refractivity contribution >= 4 is 17.8 Å². The lowest BCUT2D eigenvalue weighted by molar-refractivity contribution is -0.145. The van der Waals surface area contributed by atoms with E-state index in [0.29, 0.717) is 38.0 Å². The molecule has 148 valence electrons. The maximum Gasteiger partial charge on any atom is 0.306 e. The quantitative estimate of drug-likeness (QED) is 0.811. The fourth-order valence-corrected chi connectivity index (χ4v) is 3.30. The number of amides is 2. The number of hydrogen-bond donors (Lipinski definition) is 1. The summed E-state index contributed by atoms with van der Waals surface area (Å²) in [5, 5.41) is 13.2. The molecule has 1 aromatic heterocycles. The minimum Gasteiger partial charge on any atom is -0.481 e. The van der Waals surface area contributed by atoms with Gasteiger partial charge < -0.3 is 14.9 Å². The normalized spacial score (nSPS) is 14.7. The van der Waals surface area contributed by atoms with Gasteiger partial charge in [0.15, 0.2) is 0 Å². The monoisotopic (exact) mass is 384 g/mol. The lowest BCUT2D eigenvalue weighted by atomic mass is 9.97. The van der Waals surface area contributed by atoms with Gasteiger partial charge in [0.1, 0.15) is 0 Å². The molecule has 0 saturated carbocycles. The van der Waals surface area contributed by atoms with Gasteiger partial charge in [-0.3, -0.25) is 19.1 Å². The number of carboxylic acids is 1. The van der Waals surface area contributed by atoms with Crippen molar-refractivity contribution in [3.05, 3.63) is 53.9 Å². The Bertz CT molecular complexity index is 824. The molecule has 2 amide bonds. The van der Waals surface area contributed by atoms with E-state index >= 15 is 0 Å². The number of carboxylic acid groups (broad SMARTS) is 1. The molecule has 0 spiro atoms. The molecule has 2 aromatic rings. The molecule has 0 aliphatic carbocycles. The van der Waals surface area contributed by atoms with Crippen LogP contribution in [0.5, 0.6) is 0 Å². The zero-order chi connectivity index (χ0) is 20.1. The minimum atomic E-state index is -0.810. The summed E-state index contributed by atoms with van der Waals surface area (Å²) in [6.45, 7) is 1.44. The Morgan fingerprint density at radius 1 is 1.18 bits per heavy atom. The highest BCUT2D eigenvalue weighted by molar-refractivity contribution is 5.96. The molecule has 8 nitrogen and oxygen atoms in total. The van der Waals surface area contributed by atoms with E-state index in [4.69, 9.17) is 5.11 Å². The van der Waals surface area contributed by atoms with Gasteiger partial charge in [0.25, 0.3) is 5.91 Å². The number of nitrogens with zero attached hydrogens (tertiary/aromatic N) is 4. The summed E-state index contributed by atoms with van der Waals surface area (Å²) >= 11 is 0. The van der Waals surface area contributed by atoms with Crippen molar-refractivity contribution in [3.8, 4) is 0 Å². The molecule has 0 radical (unpaired) electrons. The van der Waals surface area contributed by atoms with Gasteiger partial charge in [-0.15, -0.1) is 0 Å². The molecule has 1 aromatic carbocycles. The maximum absolute atomic E-state index is 12.6. The van der Waals surface area contributed by atoms with E-state index in [-0.39, 0.29) is 24.3 Å². The van der Waals surface area contributed by atoms with Crippen molar-refractivity contribution in [1.82, 2.24) is 19.6 Å². The van der Waals surface area contributed by atoms with Crippen LogP contribution in [0, 0.1) is 5.92 Å². The third-order valence-electron chi connectivity index (χ3n) is 5.02. The molecule has 1 N–H and O–H groups in total. The van der Waals surface area contributed by atoms with Crippen LogP contribution in [0.3, 0.4) is 0 Å². The maximum atomic E-state index is 12.6. The van der Waals surface area contributed by atoms with E-state index in [0.717, 1.165) is 5.56 Å². The lowest BCUT2D eigenvalue weighted by Gasteiger charge is -2.31. The van der Waals surface area contributed by atoms with Crippen molar-refractivity contribution in [2.75, 3.05) is 26.7 Å². The summed E-state index contributed by atoms with van der Waals surface area (Å²) in [6.07, 6.45) is 4.50. The number of aliphatic carboxylic acids is 1. The van der Waals surface area contributed by atoms with Crippen LogP contribution in [0.25, 0.3) is 0 Å². The third kappa shape index (κ3) is 4.76. The number of rotatable bonds is 6. The van der Waals surface area contributed by atoms with E-state index in [1.165, 1.54) is 4.90 Å². The van der Waals surface area contributed by atoms with Crippen molar-refractivity contribution in [3.63, 3.8) is 0 Å². The number of benzene rings is 1. The SMILES string of the molecule is CN(CC(=O)N1CCC(C(=O)O)CC1)C(=O)c1ccc(Cn2cccn2)cc1. The van der Waals surface area contributed by atoms with Crippen LogP contribution in [0.1, 0.15) is 28.8 Å². The number of likely N-dealkylation sites (N-methyl/N-ethyl adjacent to an activating group) is 1. The second kappa shape index (κ2) is 8.69. The van der Waals surface area contributed by atoms with Gasteiger partial charge in [-0.1, -0.05) is 12.1 Å². The molecule has 1 saturated heterocycles. The molecule has 0 unspecified atom stereocenters. The van der Waals surface area contributed by atoms with Crippen LogP contribution >= 0.6 is 0 Å². The van der Waals surface area contributed by atoms with Gasteiger partial charge >= 0.3 is 5.97 Å². The summed E-state index contributed by atoms with van der Waals surface area (Å²) in [7, 11) is 1.60. The number of carbonyl (C=O) groups is 3. The molecular formula is C20H24N4O4. The molecule has 0 atom stereocenters. The van der Waals surface area contributed by atoms with Crippen LogP contribution < -0.4 is 0 Å². The fourth-order valence-electron chi connectivity index (χ4n) is 3.30. The van der Waals surface area contributed by atoms with Gasteiger partial charge in [0, 0.05) is 38.1 Å². The molecule has 0 bridgehead atoms. The summed E-state index contributed by atoms with van der Waals surface area (Å²) < 4.78 is 1.80. The van der Waals surface area contributed by atoms with E-state index in [2.05, 4.69) is 5.10 Å². The van der Waals surface area contributed by atoms with E-state index in [9.17, 15) is 14.4 Å². The zero-order valence-corrected chi connectivity index (χ0v) is 15.8. The number of likely N-dealkylation sites (tertiary alicyclic amines) is 1. The second-order valence-corrected chi connectivity index (χ2v) is 7.06. The van der Waals surface area contributed by atoms with Gasteiger partial charge in [-0.2, -0.15) is 5.10 Å². The summed E-state index contributed by atoms with van der Waals surface area (Å²) in [5.41, 5.74) is 1.55. The molecule has 2 heterocycles. The predicted octanol–water partition coefficient (Wildman–Crippen LogP) is 1.33. The Morgan fingerprint density at radius 2 is 1.86 bits per heavy atom. The van der Waals surface area contributed by atoms with Crippen molar-refractivity contribution < 1.29 is 19.5 Å². The average molecular weight is 384 g/mol. The minimum absolute atomic E-state index is 0.0222. The third-order valence-corrected chi connectivity index (χ3v) is 5.02. The highest BCUT2D eigenvalue weighted by Gasteiger charge is 2.28. The largest absolute Gasteiger partial charge is 0.481 e. The first-order valence-electron chi connectivity index (χ1n) is 9.26. The highest BCUT2D eigenvalue weighted by atomic mass is 16.4. The average Bonchev–Trinajstić information content (AvgIpc) is 3.21. The van der Waals surface area contributed by atoms with E-state index in [1.807, 2.05) is 24.4 Å². The van der Waals surface area contributed by atoms with E-state index < -0.39 is 5.97 Å². The smallest absolute Gasteiger partial charge is 0.306 e. The van der Waals surface area contributed by atoms with Gasteiger partial charge in [0.05, 0.1) is 19.0 Å². The van der Waals surface area contributed by atoms with Crippen molar-refractivity contribution in [1.29, 1.82) is 0 Å². The summed E-state index contributed by atoms with van der Waals surface area (Å²) in [5.74, 6) is -1.58. The van der Waals surface area contributed by atoms with Crippen LogP contribution in [0.4, 0.5) is 0 Å². The summed E-state index contributed by atoms with van der Waals surface area (Å²) in [6, 6.07) is 9.11. The van der Waals surface area contributed by atoms with Crippen molar-refractivity contribution in [2.24, 2.45) is 5.92 Å². The first-order chi connectivity index (χ1) is 13.4. The first kappa shape index (κ1) is 19.6. The first-order valence-corrected chi connectivity index (χ1v) is 9.26.